The maximum Gasteiger partial charge on any atom is 0.257 e. The van der Waals surface area contributed by atoms with Gasteiger partial charge in [0, 0.05) is 29.6 Å². The van der Waals surface area contributed by atoms with Crippen LogP contribution in [0.2, 0.25) is 0 Å². The number of hydrogen-bond acceptors (Lipinski definition) is 6. The van der Waals surface area contributed by atoms with Gasteiger partial charge in [0.2, 0.25) is 10.0 Å². The average Bonchev–Trinajstić information content (AvgIpc) is 3.37. The molecule has 4 aromatic rings. The standard InChI is InChI=1S/C29H29N3O4S2/c1-20-16-21(2)18-32(17-20)38(34,35)26-14-10-23(11-15-26)28(33)31-29-30-27(19-37-29)22-8-12-25(13-9-22)36-24-6-4-3-5-7-24/h3-15,19-21H,16-18H2,1-2H3,(H,30,31,33)/t20-,21+. The van der Waals surface area contributed by atoms with Gasteiger partial charge in [-0.05, 0) is 78.9 Å². The van der Waals surface area contributed by atoms with Crippen molar-refractivity contribution in [3.8, 4) is 22.8 Å². The number of hydrogen-bond donors (Lipinski definition) is 1. The summed E-state index contributed by atoms with van der Waals surface area (Å²) in [6, 6.07) is 23.2. The molecule has 2 atom stereocenters. The molecule has 1 aliphatic rings. The van der Waals surface area contributed by atoms with E-state index >= 15 is 0 Å². The molecule has 2 heterocycles. The second-order valence-electron chi connectivity index (χ2n) is 9.72. The van der Waals surface area contributed by atoms with E-state index < -0.39 is 10.0 Å². The second kappa shape index (κ2) is 11.1. The number of thiazole rings is 1. The van der Waals surface area contributed by atoms with Gasteiger partial charge < -0.3 is 4.74 Å². The van der Waals surface area contributed by atoms with Crippen molar-refractivity contribution >= 4 is 32.4 Å². The lowest BCUT2D eigenvalue weighted by atomic mass is 9.94. The van der Waals surface area contributed by atoms with Crippen LogP contribution in [0.15, 0.2) is 89.1 Å². The maximum atomic E-state index is 13.1. The lowest BCUT2D eigenvalue weighted by Crippen LogP contribution is -2.42. The SMILES string of the molecule is C[C@@H]1C[C@H](C)CN(S(=O)(=O)c2ccc(C(=O)Nc3nc(-c4ccc(Oc5ccccc5)cc4)cs3)cc2)C1. The summed E-state index contributed by atoms with van der Waals surface area (Å²) in [5, 5.41) is 5.14. The van der Waals surface area contributed by atoms with E-state index in [1.54, 1.807) is 16.4 Å². The zero-order valence-electron chi connectivity index (χ0n) is 21.2. The molecule has 0 unspecified atom stereocenters. The Balaban J connectivity index is 1.22. The molecular weight excluding hydrogens is 518 g/mol. The number of carbonyl (C=O) groups excluding carboxylic acids is 1. The van der Waals surface area contributed by atoms with E-state index in [4.69, 9.17) is 4.74 Å². The van der Waals surface area contributed by atoms with Gasteiger partial charge in [-0.2, -0.15) is 4.31 Å². The van der Waals surface area contributed by atoms with Crippen molar-refractivity contribution in [1.82, 2.24) is 9.29 Å². The van der Waals surface area contributed by atoms with Gasteiger partial charge in [0.1, 0.15) is 11.5 Å². The van der Waals surface area contributed by atoms with Crippen molar-refractivity contribution < 1.29 is 17.9 Å². The van der Waals surface area contributed by atoms with Gasteiger partial charge in [0.15, 0.2) is 5.13 Å². The smallest absolute Gasteiger partial charge is 0.257 e. The lowest BCUT2D eigenvalue weighted by molar-refractivity contribution is 0.102. The minimum Gasteiger partial charge on any atom is -0.457 e. The third-order valence-corrected chi connectivity index (χ3v) is 9.05. The summed E-state index contributed by atoms with van der Waals surface area (Å²) in [7, 11) is -3.60. The molecule has 0 saturated carbocycles. The van der Waals surface area contributed by atoms with Crippen LogP contribution < -0.4 is 10.1 Å². The van der Waals surface area contributed by atoms with E-state index in [0.29, 0.717) is 35.6 Å². The molecule has 1 N–H and O–H groups in total. The van der Waals surface area contributed by atoms with Crippen LogP contribution in [0.4, 0.5) is 5.13 Å². The van der Waals surface area contributed by atoms with Gasteiger partial charge in [-0.15, -0.1) is 11.3 Å². The molecule has 3 aromatic carbocycles. The Hall–Kier alpha value is -3.53. The Bertz CT molecular complexity index is 1490. The third-order valence-electron chi connectivity index (χ3n) is 6.44. The topological polar surface area (TPSA) is 88.6 Å². The number of amides is 1. The highest BCUT2D eigenvalue weighted by molar-refractivity contribution is 7.89. The first kappa shape index (κ1) is 26.1. The van der Waals surface area contributed by atoms with Crippen LogP contribution in [0.3, 0.4) is 0 Å². The molecule has 38 heavy (non-hydrogen) atoms. The zero-order chi connectivity index (χ0) is 26.7. The molecule has 1 saturated heterocycles. The van der Waals surface area contributed by atoms with E-state index in [9.17, 15) is 13.2 Å². The van der Waals surface area contributed by atoms with Gasteiger partial charge in [0.25, 0.3) is 5.91 Å². The Morgan fingerprint density at radius 1 is 0.921 bits per heavy atom. The van der Waals surface area contributed by atoms with E-state index in [1.807, 2.05) is 60.0 Å². The van der Waals surface area contributed by atoms with Crippen LogP contribution >= 0.6 is 11.3 Å². The Labute approximate surface area is 227 Å². The summed E-state index contributed by atoms with van der Waals surface area (Å²) in [6.45, 7) is 5.18. The van der Waals surface area contributed by atoms with Gasteiger partial charge in [-0.3, -0.25) is 10.1 Å². The first-order valence-corrected chi connectivity index (χ1v) is 14.8. The molecule has 0 spiro atoms. The first-order valence-electron chi connectivity index (χ1n) is 12.5. The van der Waals surface area contributed by atoms with Crippen molar-refractivity contribution in [1.29, 1.82) is 0 Å². The number of rotatable bonds is 7. The molecule has 0 aliphatic carbocycles. The maximum absolute atomic E-state index is 13.1. The minimum absolute atomic E-state index is 0.201. The van der Waals surface area contributed by atoms with E-state index in [0.717, 1.165) is 29.2 Å². The number of piperidine rings is 1. The zero-order valence-corrected chi connectivity index (χ0v) is 22.8. The highest BCUT2D eigenvalue weighted by Gasteiger charge is 2.31. The number of aromatic nitrogens is 1. The normalized spacial score (nSPS) is 18.2. The van der Waals surface area contributed by atoms with Crippen molar-refractivity contribution in [2.45, 2.75) is 25.2 Å². The number of para-hydroxylation sites is 1. The number of nitrogens with one attached hydrogen (secondary N) is 1. The quantitative estimate of drug-likeness (QED) is 0.285. The van der Waals surface area contributed by atoms with Crippen LogP contribution in [0.25, 0.3) is 11.3 Å². The predicted molar refractivity (Wildman–Crippen MR) is 150 cm³/mol. The van der Waals surface area contributed by atoms with Gasteiger partial charge in [0.05, 0.1) is 10.6 Å². The molecule has 0 radical (unpaired) electrons. The molecule has 1 aromatic heterocycles. The van der Waals surface area contributed by atoms with E-state index in [-0.39, 0.29) is 10.8 Å². The van der Waals surface area contributed by atoms with Crippen LogP contribution in [-0.4, -0.2) is 36.7 Å². The fourth-order valence-corrected chi connectivity index (χ4v) is 7.08. The fourth-order valence-electron chi connectivity index (χ4n) is 4.68. The Kier molecular flexibility index (Phi) is 7.60. The van der Waals surface area contributed by atoms with E-state index in [2.05, 4.69) is 24.1 Å². The summed E-state index contributed by atoms with van der Waals surface area (Å²) >= 11 is 1.32. The number of carbonyl (C=O) groups is 1. The summed E-state index contributed by atoms with van der Waals surface area (Å²) in [5.74, 6) is 1.78. The summed E-state index contributed by atoms with van der Waals surface area (Å²) in [6.07, 6.45) is 1.03. The number of ether oxygens (including phenoxy) is 1. The second-order valence-corrected chi connectivity index (χ2v) is 12.5. The molecule has 9 heteroatoms. The molecule has 1 aliphatic heterocycles. The van der Waals surface area contributed by atoms with Crippen molar-refractivity contribution in [2.24, 2.45) is 11.8 Å². The number of sulfonamides is 1. The largest absolute Gasteiger partial charge is 0.457 e. The molecular formula is C29H29N3O4S2. The van der Waals surface area contributed by atoms with E-state index in [1.165, 1.54) is 23.5 Å². The van der Waals surface area contributed by atoms with Gasteiger partial charge in [-0.25, -0.2) is 13.4 Å². The highest BCUT2D eigenvalue weighted by Crippen LogP contribution is 2.29. The predicted octanol–water partition coefficient (Wildman–Crippen LogP) is 6.52. The molecule has 196 valence electrons. The summed E-state index contributed by atoms with van der Waals surface area (Å²) in [5.41, 5.74) is 2.00. The Morgan fingerprint density at radius 2 is 1.55 bits per heavy atom. The highest BCUT2D eigenvalue weighted by atomic mass is 32.2. The van der Waals surface area contributed by atoms with Gasteiger partial charge in [-0.1, -0.05) is 32.0 Å². The van der Waals surface area contributed by atoms with Crippen molar-refractivity contribution in [3.63, 3.8) is 0 Å². The Morgan fingerprint density at radius 3 is 2.21 bits per heavy atom. The first-order chi connectivity index (χ1) is 18.3. The molecule has 7 nitrogen and oxygen atoms in total. The summed E-state index contributed by atoms with van der Waals surface area (Å²) < 4.78 is 33.6. The average molecular weight is 548 g/mol. The lowest BCUT2D eigenvalue weighted by Gasteiger charge is -2.34. The minimum atomic E-state index is -3.60. The molecule has 1 fully saturated rings. The van der Waals surface area contributed by atoms with Crippen molar-refractivity contribution in [2.75, 3.05) is 18.4 Å². The van der Waals surface area contributed by atoms with Crippen LogP contribution in [0.1, 0.15) is 30.6 Å². The monoisotopic (exact) mass is 547 g/mol. The van der Waals surface area contributed by atoms with Crippen molar-refractivity contribution in [3.05, 3.63) is 89.8 Å². The molecule has 0 bridgehead atoms. The van der Waals surface area contributed by atoms with Crippen LogP contribution in [-0.2, 0) is 10.0 Å². The van der Waals surface area contributed by atoms with Crippen LogP contribution in [0, 0.1) is 11.8 Å². The van der Waals surface area contributed by atoms with Gasteiger partial charge >= 0.3 is 0 Å². The molecule has 1 amide bonds. The van der Waals surface area contributed by atoms with Crippen LogP contribution in [0.5, 0.6) is 11.5 Å². The third kappa shape index (κ3) is 5.96. The number of anilines is 1. The fraction of sp³-hybridized carbons (Fsp3) is 0.241. The molecule has 5 rings (SSSR count). The number of nitrogens with zero attached hydrogens (tertiary/aromatic N) is 2. The number of benzene rings is 3. The summed E-state index contributed by atoms with van der Waals surface area (Å²) in [4.78, 5) is 17.5.